The van der Waals surface area contributed by atoms with Gasteiger partial charge in [0.25, 0.3) is 5.91 Å². The van der Waals surface area contributed by atoms with Crippen LogP contribution in [0.3, 0.4) is 0 Å². The lowest BCUT2D eigenvalue weighted by atomic mass is 9.96. The van der Waals surface area contributed by atoms with Crippen molar-refractivity contribution >= 4 is 11.9 Å². The highest BCUT2D eigenvalue weighted by atomic mass is 16.1. The molecule has 1 amide bonds. The second-order valence-corrected chi connectivity index (χ2v) is 7.41. The summed E-state index contributed by atoms with van der Waals surface area (Å²) >= 11 is 0. The second kappa shape index (κ2) is 9.32. The molecule has 1 saturated carbocycles. The maximum atomic E-state index is 12.8. The first-order valence-electron chi connectivity index (χ1n) is 10.1. The zero-order valence-electron chi connectivity index (χ0n) is 16.5. The van der Waals surface area contributed by atoms with Gasteiger partial charge < -0.3 is 10.6 Å². The number of benzene rings is 1. The molecule has 0 radical (unpaired) electrons. The zero-order chi connectivity index (χ0) is 19.9. The minimum Gasteiger partial charge on any atom is -0.351 e. The minimum absolute atomic E-state index is 0. The highest BCUT2D eigenvalue weighted by molar-refractivity contribution is 6.00. The molecule has 0 aliphatic heterocycles. The number of carbonyl (C=O) groups excluding carboxylic acids is 1. The third-order valence-electron chi connectivity index (χ3n) is 5.25. The quantitative estimate of drug-likeness (QED) is 0.769. The van der Waals surface area contributed by atoms with Gasteiger partial charge in [-0.2, -0.15) is 5.26 Å². The molecule has 6 heteroatoms. The van der Waals surface area contributed by atoms with Crippen molar-refractivity contribution < 1.29 is 6.22 Å². The van der Waals surface area contributed by atoms with E-state index in [-0.39, 0.29) is 13.4 Å². The Morgan fingerprint density at radius 1 is 1.29 bits per heavy atom. The molecule has 1 aliphatic rings. The summed E-state index contributed by atoms with van der Waals surface area (Å²) in [6, 6.07) is 9.69. The first kappa shape index (κ1) is 19.8. The number of nitriles is 1. The average molecular weight is 380 g/mol. The normalized spacial score (nSPS) is 15.5. The van der Waals surface area contributed by atoms with E-state index in [4.69, 9.17) is 5.26 Å². The van der Waals surface area contributed by atoms with Gasteiger partial charge in [0, 0.05) is 25.3 Å². The fourth-order valence-electron chi connectivity index (χ4n) is 3.37. The third kappa shape index (κ3) is 4.86. The Balaban J connectivity index is 0.00000300. The number of nitrogens with one attached hydrogen (secondary N) is 2. The monoisotopic (exact) mass is 379 g/mol. The lowest BCUT2D eigenvalue weighted by molar-refractivity contribution is 0.0939. The highest BCUT2D eigenvalue weighted by Crippen LogP contribution is 2.25. The number of hydrogen-bond donors (Lipinski definition) is 2. The van der Waals surface area contributed by atoms with Crippen molar-refractivity contribution in [2.75, 3.05) is 5.32 Å². The summed E-state index contributed by atoms with van der Waals surface area (Å²) in [5.74, 6) is 0.365. The summed E-state index contributed by atoms with van der Waals surface area (Å²) in [5.41, 5.74) is 2.39. The SMILES string of the molecule is CCC(C)NC(=O)c1cnc(NC2CCCCC2)nc1-c1ccc(C#N)cc1.[HH]. The number of anilines is 1. The van der Waals surface area contributed by atoms with Gasteiger partial charge in [-0.25, -0.2) is 9.97 Å². The van der Waals surface area contributed by atoms with Crippen molar-refractivity contribution in [3.05, 3.63) is 41.6 Å². The van der Waals surface area contributed by atoms with Crippen LogP contribution in [-0.2, 0) is 0 Å². The van der Waals surface area contributed by atoms with Gasteiger partial charge in [0.05, 0.1) is 22.9 Å². The van der Waals surface area contributed by atoms with Crippen LogP contribution in [0.5, 0.6) is 0 Å². The van der Waals surface area contributed by atoms with Crippen LogP contribution in [0.25, 0.3) is 11.3 Å². The van der Waals surface area contributed by atoms with Crippen LogP contribution in [0.2, 0.25) is 0 Å². The van der Waals surface area contributed by atoms with Crippen molar-refractivity contribution in [3.63, 3.8) is 0 Å². The van der Waals surface area contributed by atoms with Gasteiger partial charge in [0.1, 0.15) is 0 Å². The highest BCUT2D eigenvalue weighted by Gasteiger charge is 2.19. The number of nitrogens with zero attached hydrogens (tertiary/aromatic N) is 3. The number of aromatic nitrogens is 2. The van der Waals surface area contributed by atoms with Crippen molar-refractivity contribution in [1.29, 1.82) is 5.26 Å². The van der Waals surface area contributed by atoms with Gasteiger partial charge in [-0.15, -0.1) is 0 Å². The molecule has 2 aromatic rings. The molecule has 0 spiro atoms. The lowest BCUT2D eigenvalue weighted by Gasteiger charge is -2.23. The summed E-state index contributed by atoms with van der Waals surface area (Å²) in [7, 11) is 0. The molecule has 1 unspecified atom stereocenters. The summed E-state index contributed by atoms with van der Waals surface area (Å²) in [5, 5.41) is 15.5. The van der Waals surface area contributed by atoms with Gasteiger partial charge in [-0.3, -0.25) is 4.79 Å². The average Bonchev–Trinajstić information content (AvgIpc) is 2.74. The summed E-state index contributed by atoms with van der Waals surface area (Å²) in [6.07, 6.45) is 8.40. The Morgan fingerprint density at radius 2 is 2.00 bits per heavy atom. The van der Waals surface area contributed by atoms with Crippen molar-refractivity contribution in [2.24, 2.45) is 0 Å². The predicted octanol–water partition coefficient (Wildman–Crippen LogP) is 4.53. The maximum absolute atomic E-state index is 12.8. The Kier molecular flexibility index (Phi) is 6.59. The molecule has 148 valence electrons. The third-order valence-corrected chi connectivity index (χ3v) is 5.25. The summed E-state index contributed by atoms with van der Waals surface area (Å²) in [4.78, 5) is 21.9. The van der Waals surface area contributed by atoms with Crippen LogP contribution >= 0.6 is 0 Å². The van der Waals surface area contributed by atoms with Crippen LogP contribution in [0.1, 0.15) is 69.7 Å². The van der Waals surface area contributed by atoms with Crippen LogP contribution in [0.4, 0.5) is 5.95 Å². The topological polar surface area (TPSA) is 90.7 Å². The van der Waals surface area contributed by atoms with Crippen LogP contribution < -0.4 is 10.6 Å². The van der Waals surface area contributed by atoms with Crippen LogP contribution in [-0.4, -0.2) is 28.0 Å². The molecule has 28 heavy (non-hydrogen) atoms. The van der Waals surface area contributed by atoms with Crippen LogP contribution in [0, 0.1) is 11.3 Å². The molecule has 1 aliphatic carbocycles. The molecule has 1 atom stereocenters. The minimum atomic E-state index is -0.182. The molecule has 0 saturated heterocycles. The van der Waals surface area contributed by atoms with Crippen LogP contribution in [0.15, 0.2) is 30.5 Å². The van der Waals surface area contributed by atoms with Crippen molar-refractivity contribution in [3.8, 4) is 17.3 Å². The molecule has 6 nitrogen and oxygen atoms in total. The van der Waals surface area contributed by atoms with E-state index in [9.17, 15) is 4.79 Å². The lowest BCUT2D eigenvalue weighted by Crippen LogP contribution is -2.32. The van der Waals surface area contributed by atoms with E-state index < -0.39 is 0 Å². The van der Waals surface area contributed by atoms with Gasteiger partial charge in [0.15, 0.2) is 0 Å². The molecular formula is C22H29N5O. The van der Waals surface area contributed by atoms with Gasteiger partial charge in [-0.05, 0) is 38.3 Å². The second-order valence-electron chi connectivity index (χ2n) is 7.41. The molecule has 0 bridgehead atoms. The fraction of sp³-hybridized carbons (Fsp3) is 0.455. The van der Waals surface area contributed by atoms with E-state index in [0.717, 1.165) is 24.8 Å². The number of carbonyl (C=O) groups is 1. The fourth-order valence-corrected chi connectivity index (χ4v) is 3.37. The number of rotatable bonds is 6. The molecule has 1 aromatic carbocycles. The van der Waals surface area contributed by atoms with E-state index >= 15 is 0 Å². The Bertz CT molecular complexity index is 856. The summed E-state index contributed by atoms with van der Waals surface area (Å²) < 4.78 is 0. The standard InChI is InChI=1S/C22H27N5O.H2/c1-3-15(2)25-21(28)19-14-24-22(26-18-7-5-4-6-8-18)27-20(19)17-11-9-16(13-23)10-12-17;/h9-12,14-15,18H,3-8H2,1-2H3,(H,25,28)(H,24,26,27);1H. The van der Waals surface area contributed by atoms with E-state index in [1.54, 1.807) is 18.3 Å². The van der Waals surface area contributed by atoms with E-state index in [1.165, 1.54) is 19.3 Å². The van der Waals surface area contributed by atoms with E-state index in [2.05, 4.69) is 26.7 Å². The van der Waals surface area contributed by atoms with Gasteiger partial charge >= 0.3 is 0 Å². The summed E-state index contributed by atoms with van der Waals surface area (Å²) in [6.45, 7) is 4.00. The van der Waals surface area contributed by atoms with E-state index in [1.807, 2.05) is 26.0 Å². The van der Waals surface area contributed by atoms with Gasteiger partial charge in [-0.1, -0.05) is 38.3 Å². The largest absolute Gasteiger partial charge is 0.351 e. The Labute approximate surface area is 167 Å². The Morgan fingerprint density at radius 3 is 2.64 bits per heavy atom. The first-order chi connectivity index (χ1) is 13.6. The zero-order valence-corrected chi connectivity index (χ0v) is 16.5. The van der Waals surface area contributed by atoms with Crippen molar-refractivity contribution in [2.45, 2.75) is 64.5 Å². The molecule has 2 N–H and O–H groups in total. The smallest absolute Gasteiger partial charge is 0.255 e. The first-order valence-corrected chi connectivity index (χ1v) is 10.1. The maximum Gasteiger partial charge on any atom is 0.255 e. The molecule has 1 fully saturated rings. The van der Waals surface area contributed by atoms with E-state index in [0.29, 0.717) is 28.8 Å². The molecule has 1 heterocycles. The number of hydrogen-bond acceptors (Lipinski definition) is 5. The number of amides is 1. The predicted molar refractivity (Wildman–Crippen MR) is 112 cm³/mol. The molecule has 1 aromatic heterocycles. The van der Waals surface area contributed by atoms with Gasteiger partial charge in [0.2, 0.25) is 5.95 Å². The molecule has 3 rings (SSSR count). The van der Waals surface area contributed by atoms with Crippen molar-refractivity contribution in [1.82, 2.24) is 15.3 Å². The molecular weight excluding hydrogens is 350 g/mol. The Hall–Kier alpha value is -2.94.